The molecule has 2 aromatic rings. The number of imide groups is 1. The molecule has 1 aliphatic heterocycles. The molecular weight excluding hydrogens is 467 g/mol. The van der Waals surface area contributed by atoms with Gasteiger partial charge in [-0.25, -0.2) is 27.3 Å². The maximum Gasteiger partial charge on any atom is 0.502 e. The Morgan fingerprint density at radius 2 is 2.12 bits per heavy atom. The molecule has 0 bridgehead atoms. The first kappa shape index (κ1) is 22.3. The van der Waals surface area contributed by atoms with E-state index in [9.17, 15) is 22.4 Å². The van der Waals surface area contributed by atoms with Gasteiger partial charge in [-0.1, -0.05) is 6.08 Å². The van der Waals surface area contributed by atoms with Crippen molar-refractivity contribution < 1.29 is 31.4 Å². The number of nitrogens with zero attached hydrogens (tertiary/aromatic N) is 5. The minimum atomic E-state index is -4.00. The van der Waals surface area contributed by atoms with Crippen LogP contribution in [0.5, 0.6) is 0 Å². The van der Waals surface area contributed by atoms with E-state index in [1.165, 1.54) is 35.4 Å². The number of aromatic nitrogens is 3. The zero-order valence-corrected chi connectivity index (χ0v) is 19.0. The van der Waals surface area contributed by atoms with Gasteiger partial charge in [0.15, 0.2) is 18.7 Å². The van der Waals surface area contributed by atoms with Crippen LogP contribution in [-0.2, 0) is 35.0 Å². The minimum Gasteiger partial charge on any atom is -0.444 e. The summed E-state index contributed by atoms with van der Waals surface area (Å²) in [5, 5.41) is 2.87. The van der Waals surface area contributed by atoms with Gasteiger partial charge in [-0.3, -0.25) is 4.68 Å². The van der Waals surface area contributed by atoms with E-state index in [0.717, 1.165) is 4.90 Å². The molecule has 11 nitrogen and oxygen atoms in total. The topological polar surface area (TPSA) is 130 Å². The molecule has 178 valence electrons. The lowest BCUT2D eigenvalue weighted by atomic mass is 9.99. The summed E-state index contributed by atoms with van der Waals surface area (Å²) in [7, 11) is -2.29. The van der Waals surface area contributed by atoms with Gasteiger partial charge in [0.25, 0.3) is 0 Å². The van der Waals surface area contributed by atoms with Gasteiger partial charge >= 0.3 is 11.9 Å². The van der Waals surface area contributed by atoms with Crippen molar-refractivity contribution in [3.05, 3.63) is 60.1 Å². The van der Waals surface area contributed by atoms with Crippen LogP contribution in [-0.4, -0.2) is 67.8 Å². The SMILES string of the molecule is Cn1cc(CN2C(=O)C3=CC(S(=O)(=O)NC4(CF)CC4)C=CC3=[N+](Cc3cnco3)C2=O)cn1. The molecule has 13 heteroatoms. The fourth-order valence-corrected chi connectivity index (χ4v) is 5.56. The molecule has 1 N–H and O–H groups in total. The van der Waals surface area contributed by atoms with Crippen LogP contribution in [0.2, 0.25) is 0 Å². The number of allylic oxidation sites excluding steroid dienone is 1. The number of amides is 3. The largest absolute Gasteiger partial charge is 0.502 e. The fourth-order valence-electron chi connectivity index (χ4n) is 3.96. The minimum absolute atomic E-state index is 0.00665. The second kappa shape index (κ2) is 8.09. The van der Waals surface area contributed by atoms with Crippen LogP contribution in [0, 0.1) is 0 Å². The summed E-state index contributed by atoms with van der Waals surface area (Å²) in [6.45, 7) is -0.853. The average molecular weight is 490 g/mol. The quantitative estimate of drug-likeness (QED) is 0.543. The molecule has 0 aromatic carbocycles. The summed E-state index contributed by atoms with van der Waals surface area (Å²) in [5.74, 6) is -0.242. The first-order chi connectivity index (χ1) is 16.2. The van der Waals surface area contributed by atoms with Crippen molar-refractivity contribution in [2.24, 2.45) is 7.05 Å². The van der Waals surface area contributed by atoms with Gasteiger partial charge in [-0.15, -0.1) is 0 Å². The maximum absolute atomic E-state index is 13.4. The number of fused-ring (bicyclic) bond motifs is 1. The summed E-state index contributed by atoms with van der Waals surface area (Å²) in [6, 6.07) is -0.587. The molecule has 34 heavy (non-hydrogen) atoms. The van der Waals surface area contributed by atoms with Crippen LogP contribution < -0.4 is 4.72 Å². The van der Waals surface area contributed by atoms with E-state index >= 15 is 0 Å². The molecule has 0 radical (unpaired) electrons. The number of alkyl halides is 1. The summed E-state index contributed by atoms with van der Waals surface area (Å²) >= 11 is 0. The number of nitrogens with one attached hydrogen (secondary N) is 1. The predicted octanol–water partition coefficient (Wildman–Crippen LogP) is 0.810. The van der Waals surface area contributed by atoms with Gasteiger partial charge in [-0.2, -0.15) is 19.4 Å². The first-order valence-corrected chi connectivity index (χ1v) is 12.1. The molecule has 1 fully saturated rings. The Morgan fingerprint density at radius 3 is 2.74 bits per heavy atom. The van der Waals surface area contributed by atoms with Crippen molar-refractivity contribution >= 4 is 27.7 Å². The summed E-state index contributed by atoms with van der Waals surface area (Å²) in [4.78, 5) is 31.6. The number of oxazole rings is 1. The maximum atomic E-state index is 13.4. The van der Waals surface area contributed by atoms with Crippen LogP contribution in [0.15, 0.2) is 53.2 Å². The summed E-state index contributed by atoms with van der Waals surface area (Å²) in [6.07, 6.45) is 10.8. The lowest BCUT2D eigenvalue weighted by molar-refractivity contribution is -0.456. The lowest BCUT2D eigenvalue weighted by Crippen LogP contribution is -2.51. The molecule has 0 spiro atoms. The monoisotopic (exact) mass is 489 g/mol. The molecule has 3 amide bonds. The summed E-state index contributed by atoms with van der Waals surface area (Å²) < 4.78 is 49.8. The van der Waals surface area contributed by atoms with Crippen LogP contribution in [0.1, 0.15) is 24.2 Å². The van der Waals surface area contributed by atoms with E-state index in [1.54, 1.807) is 24.1 Å². The highest BCUT2D eigenvalue weighted by atomic mass is 32.2. The van der Waals surface area contributed by atoms with Crippen LogP contribution in [0.3, 0.4) is 0 Å². The number of carbonyl (C=O) groups excluding carboxylic acids is 2. The lowest BCUT2D eigenvalue weighted by Gasteiger charge is -2.26. The van der Waals surface area contributed by atoms with Gasteiger partial charge in [0.1, 0.15) is 29.8 Å². The number of hydrogen-bond donors (Lipinski definition) is 1. The van der Waals surface area contributed by atoms with Crippen molar-refractivity contribution in [1.82, 2.24) is 24.4 Å². The van der Waals surface area contributed by atoms with Crippen molar-refractivity contribution in [3.63, 3.8) is 0 Å². The first-order valence-electron chi connectivity index (χ1n) is 10.6. The Hall–Kier alpha value is -3.45. The van der Waals surface area contributed by atoms with E-state index < -0.39 is 39.4 Å². The Bertz CT molecular complexity index is 1350. The van der Waals surface area contributed by atoms with Crippen molar-refractivity contribution in [2.45, 2.75) is 36.7 Å². The van der Waals surface area contributed by atoms with E-state index in [0.29, 0.717) is 24.2 Å². The van der Waals surface area contributed by atoms with Gasteiger partial charge in [0, 0.05) is 18.8 Å². The van der Waals surface area contributed by atoms with Gasteiger partial charge in [0.05, 0.1) is 17.9 Å². The molecule has 3 heterocycles. The normalized spacial score (nSPS) is 21.6. The summed E-state index contributed by atoms with van der Waals surface area (Å²) in [5.41, 5.74) is -0.117. The third-order valence-electron chi connectivity index (χ3n) is 6.00. The van der Waals surface area contributed by atoms with Crippen LogP contribution in [0.4, 0.5) is 9.18 Å². The molecule has 3 aliphatic rings. The van der Waals surface area contributed by atoms with Crippen LogP contribution >= 0.6 is 0 Å². The number of halogens is 1. The molecule has 1 atom stereocenters. The highest BCUT2D eigenvalue weighted by molar-refractivity contribution is 7.90. The molecule has 5 rings (SSSR count). The zero-order valence-electron chi connectivity index (χ0n) is 18.2. The van der Waals surface area contributed by atoms with Crippen molar-refractivity contribution in [1.29, 1.82) is 0 Å². The van der Waals surface area contributed by atoms with Gasteiger partial charge < -0.3 is 4.42 Å². The Morgan fingerprint density at radius 1 is 1.32 bits per heavy atom. The Kier molecular flexibility index (Phi) is 5.32. The molecular formula is C21H22FN6O5S+. The number of aryl methyl sites for hydroxylation is 1. The van der Waals surface area contributed by atoms with Gasteiger partial charge in [-0.05, 0) is 25.0 Å². The van der Waals surface area contributed by atoms with E-state index in [1.807, 2.05) is 0 Å². The second-order valence-corrected chi connectivity index (χ2v) is 10.4. The Balaban J connectivity index is 1.53. The molecule has 2 aromatic heterocycles. The zero-order chi connectivity index (χ0) is 24.1. The standard InChI is InChI=1S/C21H22FN6O5S/c1-26-9-14(7-24-26)10-28-19(29)17-6-16(34(31,32)25-21(12-22)4-5-21)2-3-18(17)27(20(28)30)11-15-8-23-13-33-15/h2-3,6-9,13,16,25H,4-5,10-12H2,1H3/q+1. The number of urea groups is 1. The van der Waals surface area contributed by atoms with Crippen molar-refractivity contribution in [2.75, 3.05) is 6.67 Å². The van der Waals surface area contributed by atoms with Gasteiger partial charge in [0.2, 0.25) is 10.0 Å². The van der Waals surface area contributed by atoms with E-state index in [-0.39, 0.29) is 24.4 Å². The number of hydrogen-bond acceptors (Lipinski definition) is 7. The fraction of sp³-hybridized carbons (Fsp3) is 0.381. The third kappa shape index (κ3) is 4.01. The van der Waals surface area contributed by atoms with E-state index in [4.69, 9.17) is 4.42 Å². The smallest absolute Gasteiger partial charge is 0.444 e. The van der Waals surface area contributed by atoms with E-state index in [2.05, 4.69) is 14.8 Å². The number of carbonyl (C=O) groups is 2. The molecule has 1 saturated carbocycles. The molecule has 2 aliphatic carbocycles. The van der Waals surface area contributed by atoms with Crippen LogP contribution in [0.25, 0.3) is 0 Å². The second-order valence-electron chi connectivity index (χ2n) is 8.60. The number of rotatable bonds is 8. The highest BCUT2D eigenvalue weighted by Gasteiger charge is 2.49. The van der Waals surface area contributed by atoms with Crippen molar-refractivity contribution in [3.8, 4) is 0 Å². The molecule has 0 saturated heterocycles. The third-order valence-corrected chi connectivity index (χ3v) is 7.73. The number of sulfonamides is 1. The Labute approximate surface area is 194 Å². The average Bonchev–Trinajstić information content (AvgIpc) is 3.17. The molecule has 1 unspecified atom stereocenters. The predicted molar refractivity (Wildman–Crippen MR) is 116 cm³/mol. The highest BCUT2D eigenvalue weighted by Crippen LogP contribution is 2.37.